The molecule has 2 aromatic carbocycles. The van der Waals surface area contributed by atoms with Crippen LogP contribution >= 0.6 is 0 Å². The van der Waals surface area contributed by atoms with Gasteiger partial charge in [-0.2, -0.15) is 0 Å². The Hall–Kier alpha value is -2.87. The number of sulfonamides is 1. The molecular weight excluding hydrogens is 378 g/mol. The highest BCUT2D eigenvalue weighted by molar-refractivity contribution is 7.92. The van der Waals surface area contributed by atoms with Crippen molar-refractivity contribution in [3.8, 4) is 0 Å². The van der Waals surface area contributed by atoms with E-state index in [1.54, 1.807) is 19.1 Å². The van der Waals surface area contributed by atoms with E-state index in [0.29, 0.717) is 12.2 Å². The number of hydrogen-bond donors (Lipinski definition) is 3. The molecule has 0 radical (unpaired) electrons. The summed E-state index contributed by atoms with van der Waals surface area (Å²) in [6.45, 7) is 5.88. The van der Waals surface area contributed by atoms with Gasteiger partial charge in [-0.3, -0.25) is 14.3 Å². The second-order valence-electron chi connectivity index (χ2n) is 6.43. The van der Waals surface area contributed by atoms with Crippen LogP contribution in [0.15, 0.2) is 53.4 Å². The van der Waals surface area contributed by atoms with Crippen LogP contribution < -0.4 is 15.4 Å². The number of rotatable bonds is 8. The first-order valence-corrected chi connectivity index (χ1v) is 10.5. The maximum absolute atomic E-state index is 12.5. The van der Waals surface area contributed by atoms with Crippen LogP contribution in [0.2, 0.25) is 0 Å². The van der Waals surface area contributed by atoms with Crippen LogP contribution in [0.5, 0.6) is 0 Å². The fourth-order valence-corrected chi connectivity index (χ4v) is 3.55. The van der Waals surface area contributed by atoms with E-state index in [1.165, 1.54) is 24.3 Å². The second-order valence-corrected chi connectivity index (χ2v) is 8.11. The van der Waals surface area contributed by atoms with E-state index in [-0.39, 0.29) is 16.4 Å². The van der Waals surface area contributed by atoms with Crippen LogP contribution in [0.1, 0.15) is 36.2 Å². The summed E-state index contributed by atoms with van der Waals surface area (Å²) >= 11 is 0. The molecule has 0 fully saturated rings. The lowest BCUT2D eigenvalue weighted by atomic mass is 10.2. The lowest BCUT2D eigenvalue weighted by molar-refractivity contribution is -0.122. The Morgan fingerprint density at radius 2 is 1.68 bits per heavy atom. The summed E-state index contributed by atoms with van der Waals surface area (Å²) in [5, 5.41) is 5.30. The number of amides is 2. The lowest BCUT2D eigenvalue weighted by Crippen LogP contribution is -2.45. The zero-order valence-corrected chi connectivity index (χ0v) is 17.0. The number of carbonyl (C=O) groups is 2. The summed E-state index contributed by atoms with van der Waals surface area (Å²) in [5.41, 5.74) is 1.57. The lowest BCUT2D eigenvalue weighted by Gasteiger charge is -2.14. The van der Waals surface area contributed by atoms with Crippen molar-refractivity contribution in [3.05, 3.63) is 59.7 Å². The van der Waals surface area contributed by atoms with Crippen molar-refractivity contribution >= 4 is 27.5 Å². The molecular formula is C20H25N3O4S. The average Bonchev–Trinajstić information content (AvgIpc) is 2.67. The fourth-order valence-electron chi connectivity index (χ4n) is 2.42. The number of aryl methyl sites for hydroxylation is 1. The van der Waals surface area contributed by atoms with Crippen molar-refractivity contribution in [3.63, 3.8) is 0 Å². The van der Waals surface area contributed by atoms with Gasteiger partial charge in [0.25, 0.3) is 15.9 Å². The molecule has 7 nitrogen and oxygen atoms in total. The minimum Gasteiger partial charge on any atom is -0.354 e. The molecule has 0 saturated heterocycles. The Morgan fingerprint density at radius 1 is 1.04 bits per heavy atom. The smallest absolute Gasteiger partial charge is 0.261 e. The summed E-state index contributed by atoms with van der Waals surface area (Å²) in [4.78, 5) is 24.2. The first kappa shape index (κ1) is 21.4. The van der Waals surface area contributed by atoms with Crippen molar-refractivity contribution in [2.75, 3.05) is 11.3 Å². The molecule has 8 heteroatoms. The predicted molar refractivity (Wildman–Crippen MR) is 109 cm³/mol. The molecule has 0 aliphatic heterocycles. The van der Waals surface area contributed by atoms with Gasteiger partial charge in [0.05, 0.1) is 10.6 Å². The Kier molecular flexibility index (Phi) is 7.17. The molecule has 150 valence electrons. The SMILES string of the molecule is CCCNC(=O)[C@@H](C)NC(=O)c1ccc(S(=O)(=O)Nc2ccccc2C)cc1. The highest BCUT2D eigenvalue weighted by Gasteiger charge is 2.18. The Morgan fingerprint density at radius 3 is 2.29 bits per heavy atom. The van der Waals surface area contributed by atoms with Gasteiger partial charge in [-0.1, -0.05) is 25.1 Å². The van der Waals surface area contributed by atoms with Crippen LogP contribution in [0.3, 0.4) is 0 Å². The first-order chi connectivity index (χ1) is 13.2. The van der Waals surface area contributed by atoms with Gasteiger partial charge in [0.15, 0.2) is 0 Å². The number of anilines is 1. The second kappa shape index (κ2) is 9.36. The molecule has 2 rings (SSSR count). The number of benzene rings is 2. The van der Waals surface area contributed by atoms with Gasteiger partial charge in [-0.05, 0) is 56.2 Å². The van der Waals surface area contributed by atoms with Crippen molar-refractivity contribution < 1.29 is 18.0 Å². The van der Waals surface area contributed by atoms with Gasteiger partial charge in [0, 0.05) is 12.1 Å². The average molecular weight is 404 g/mol. The predicted octanol–water partition coefficient (Wildman–Crippen LogP) is 2.44. The van der Waals surface area contributed by atoms with E-state index in [0.717, 1.165) is 12.0 Å². The standard InChI is InChI=1S/C20H25N3O4S/c1-4-13-21-19(24)15(3)22-20(25)16-9-11-17(12-10-16)28(26,27)23-18-8-6-5-7-14(18)2/h5-12,15,23H,4,13H2,1-3H3,(H,21,24)(H,22,25)/t15-/m1/s1. The molecule has 0 heterocycles. The molecule has 0 aliphatic carbocycles. The highest BCUT2D eigenvalue weighted by Crippen LogP contribution is 2.19. The third kappa shape index (κ3) is 5.56. The van der Waals surface area contributed by atoms with Gasteiger partial charge < -0.3 is 10.6 Å². The van der Waals surface area contributed by atoms with E-state index >= 15 is 0 Å². The van der Waals surface area contributed by atoms with Crippen molar-refractivity contribution in [2.24, 2.45) is 0 Å². The summed E-state index contributed by atoms with van der Waals surface area (Å²) in [6.07, 6.45) is 0.804. The molecule has 1 atom stereocenters. The minimum atomic E-state index is -3.77. The first-order valence-electron chi connectivity index (χ1n) is 9.01. The van der Waals surface area contributed by atoms with E-state index in [2.05, 4.69) is 15.4 Å². The number of para-hydroxylation sites is 1. The molecule has 3 N–H and O–H groups in total. The third-order valence-electron chi connectivity index (χ3n) is 4.11. The van der Waals surface area contributed by atoms with Gasteiger partial charge in [-0.25, -0.2) is 8.42 Å². The molecule has 0 aliphatic rings. The van der Waals surface area contributed by atoms with Crippen LogP contribution in [-0.2, 0) is 14.8 Å². The fraction of sp³-hybridized carbons (Fsp3) is 0.300. The van der Waals surface area contributed by atoms with E-state index in [4.69, 9.17) is 0 Å². The number of carbonyl (C=O) groups excluding carboxylic acids is 2. The molecule has 0 unspecified atom stereocenters. The monoisotopic (exact) mass is 403 g/mol. The zero-order chi connectivity index (χ0) is 20.7. The van der Waals surface area contributed by atoms with Crippen molar-refractivity contribution in [1.82, 2.24) is 10.6 Å². The number of hydrogen-bond acceptors (Lipinski definition) is 4. The van der Waals surface area contributed by atoms with Gasteiger partial charge in [-0.15, -0.1) is 0 Å². The largest absolute Gasteiger partial charge is 0.354 e. The minimum absolute atomic E-state index is 0.0426. The Labute approximate surface area is 165 Å². The third-order valence-corrected chi connectivity index (χ3v) is 5.49. The van der Waals surface area contributed by atoms with E-state index < -0.39 is 22.0 Å². The van der Waals surface area contributed by atoms with E-state index in [1.807, 2.05) is 26.0 Å². The van der Waals surface area contributed by atoms with Gasteiger partial charge in [0.1, 0.15) is 6.04 Å². The quantitative estimate of drug-likeness (QED) is 0.630. The van der Waals surface area contributed by atoms with Gasteiger partial charge in [0.2, 0.25) is 5.91 Å². The maximum Gasteiger partial charge on any atom is 0.261 e. The normalized spacial score (nSPS) is 12.1. The van der Waals surface area contributed by atoms with Crippen LogP contribution in [0.4, 0.5) is 5.69 Å². The van der Waals surface area contributed by atoms with Crippen LogP contribution in [0.25, 0.3) is 0 Å². The highest BCUT2D eigenvalue weighted by atomic mass is 32.2. The molecule has 0 bridgehead atoms. The maximum atomic E-state index is 12.5. The molecule has 0 saturated carbocycles. The Balaban J connectivity index is 2.07. The topological polar surface area (TPSA) is 104 Å². The van der Waals surface area contributed by atoms with Crippen LogP contribution in [-0.4, -0.2) is 32.8 Å². The summed E-state index contributed by atoms with van der Waals surface area (Å²) < 4.78 is 27.6. The van der Waals surface area contributed by atoms with Gasteiger partial charge >= 0.3 is 0 Å². The molecule has 28 heavy (non-hydrogen) atoms. The number of nitrogens with one attached hydrogen (secondary N) is 3. The van der Waals surface area contributed by atoms with E-state index in [9.17, 15) is 18.0 Å². The van der Waals surface area contributed by atoms with Crippen molar-refractivity contribution in [2.45, 2.75) is 38.1 Å². The van der Waals surface area contributed by atoms with Crippen LogP contribution in [0, 0.1) is 6.92 Å². The summed E-state index contributed by atoms with van der Waals surface area (Å²) in [5.74, 6) is -0.716. The molecule has 2 aromatic rings. The summed E-state index contributed by atoms with van der Waals surface area (Å²) in [6, 6.07) is 11.9. The molecule has 0 spiro atoms. The summed E-state index contributed by atoms with van der Waals surface area (Å²) in [7, 11) is -3.77. The zero-order valence-electron chi connectivity index (χ0n) is 16.2. The Bertz CT molecular complexity index is 940. The van der Waals surface area contributed by atoms with Crippen molar-refractivity contribution in [1.29, 1.82) is 0 Å². The molecule has 2 amide bonds. The molecule has 0 aromatic heterocycles.